The standard InChI is InChI=1S/C13H18N2O4/c1-9-4-5-10(7-14-9)6-11(16)15-13(2,8-19-3)12(17)18/h4-5,7H,6,8H2,1-3H3,(H,15,16)(H,17,18). The zero-order chi connectivity index (χ0) is 14.5. The highest BCUT2D eigenvalue weighted by molar-refractivity contribution is 5.87. The van der Waals surface area contributed by atoms with Gasteiger partial charge in [-0.25, -0.2) is 4.79 Å². The Bertz CT molecular complexity index is 458. The molecule has 1 aromatic heterocycles. The van der Waals surface area contributed by atoms with Crippen LogP contribution in [0.2, 0.25) is 0 Å². The summed E-state index contributed by atoms with van der Waals surface area (Å²) in [6.45, 7) is 3.16. The average molecular weight is 266 g/mol. The highest BCUT2D eigenvalue weighted by Crippen LogP contribution is 2.07. The van der Waals surface area contributed by atoms with Crippen molar-refractivity contribution in [1.29, 1.82) is 0 Å². The normalized spacial score (nSPS) is 13.6. The third kappa shape index (κ3) is 4.33. The molecule has 0 fully saturated rings. The fourth-order valence-electron chi connectivity index (χ4n) is 1.58. The number of carboxylic acids is 1. The Balaban J connectivity index is 2.68. The van der Waals surface area contributed by atoms with Crippen molar-refractivity contribution in [2.75, 3.05) is 13.7 Å². The minimum absolute atomic E-state index is 0.0832. The van der Waals surface area contributed by atoms with Crippen LogP contribution in [0.3, 0.4) is 0 Å². The predicted octanol–water partition coefficient (Wildman–Crippen LogP) is 0.538. The highest BCUT2D eigenvalue weighted by atomic mass is 16.5. The molecule has 1 aromatic rings. The lowest BCUT2D eigenvalue weighted by atomic mass is 10.0. The number of nitrogens with one attached hydrogen (secondary N) is 1. The van der Waals surface area contributed by atoms with E-state index in [0.29, 0.717) is 0 Å². The molecule has 19 heavy (non-hydrogen) atoms. The van der Waals surface area contributed by atoms with E-state index in [1.54, 1.807) is 18.3 Å². The van der Waals surface area contributed by atoms with Crippen LogP contribution in [0.5, 0.6) is 0 Å². The summed E-state index contributed by atoms with van der Waals surface area (Å²) in [6.07, 6.45) is 1.68. The number of aliphatic carboxylic acids is 1. The maximum Gasteiger partial charge on any atom is 0.331 e. The number of carboxylic acid groups (broad SMARTS) is 1. The third-order valence-electron chi connectivity index (χ3n) is 2.66. The molecule has 6 nitrogen and oxygen atoms in total. The SMILES string of the molecule is COCC(C)(NC(=O)Cc1ccc(C)nc1)C(=O)O. The largest absolute Gasteiger partial charge is 0.479 e. The fraction of sp³-hybridized carbons (Fsp3) is 0.462. The van der Waals surface area contributed by atoms with Crippen LogP contribution in [0.1, 0.15) is 18.2 Å². The molecule has 0 aliphatic carbocycles. The van der Waals surface area contributed by atoms with Gasteiger partial charge in [-0.05, 0) is 25.5 Å². The number of amides is 1. The molecule has 1 unspecified atom stereocenters. The third-order valence-corrected chi connectivity index (χ3v) is 2.66. The summed E-state index contributed by atoms with van der Waals surface area (Å²) in [5.74, 6) is -1.52. The van der Waals surface area contributed by atoms with Gasteiger partial charge in [0.15, 0.2) is 5.54 Å². The lowest BCUT2D eigenvalue weighted by Gasteiger charge is -2.25. The molecular formula is C13H18N2O4. The summed E-state index contributed by atoms with van der Waals surface area (Å²) in [7, 11) is 1.39. The summed E-state index contributed by atoms with van der Waals surface area (Å²) in [6, 6.07) is 3.59. The predicted molar refractivity (Wildman–Crippen MR) is 68.7 cm³/mol. The molecule has 0 saturated heterocycles. The molecule has 0 saturated carbocycles. The number of aryl methyl sites for hydroxylation is 1. The number of rotatable bonds is 6. The number of carbonyl (C=O) groups is 2. The molecular weight excluding hydrogens is 248 g/mol. The molecule has 0 radical (unpaired) electrons. The first-order chi connectivity index (χ1) is 8.87. The Hall–Kier alpha value is -1.95. The molecule has 0 aliphatic heterocycles. The molecule has 0 spiro atoms. The van der Waals surface area contributed by atoms with E-state index in [9.17, 15) is 9.59 Å². The van der Waals surface area contributed by atoms with Gasteiger partial charge in [-0.2, -0.15) is 0 Å². The van der Waals surface area contributed by atoms with Gasteiger partial charge in [0.1, 0.15) is 0 Å². The van der Waals surface area contributed by atoms with Crippen LogP contribution in [-0.2, 0) is 20.7 Å². The number of nitrogens with zero attached hydrogens (tertiary/aromatic N) is 1. The summed E-state index contributed by atoms with van der Waals surface area (Å²) >= 11 is 0. The quantitative estimate of drug-likeness (QED) is 0.784. The van der Waals surface area contributed by atoms with Gasteiger partial charge in [-0.1, -0.05) is 6.07 Å². The zero-order valence-corrected chi connectivity index (χ0v) is 11.3. The van der Waals surface area contributed by atoms with Crippen molar-refractivity contribution in [3.8, 4) is 0 Å². The maximum absolute atomic E-state index is 11.8. The van der Waals surface area contributed by atoms with E-state index in [4.69, 9.17) is 9.84 Å². The molecule has 0 aromatic carbocycles. The van der Waals surface area contributed by atoms with Gasteiger partial charge in [0, 0.05) is 19.0 Å². The number of hydrogen-bond donors (Lipinski definition) is 2. The Kier molecular flexibility index (Phi) is 5.00. The summed E-state index contributed by atoms with van der Waals surface area (Å²) < 4.78 is 4.83. The van der Waals surface area contributed by atoms with Gasteiger partial charge in [0.2, 0.25) is 5.91 Å². The van der Waals surface area contributed by atoms with Crippen LogP contribution in [-0.4, -0.2) is 41.2 Å². The summed E-state index contributed by atoms with van der Waals surface area (Å²) in [5, 5.41) is 11.6. The van der Waals surface area contributed by atoms with E-state index in [2.05, 4.69) is 10.3 Å². The van der Waals surface area contributed by atoms with E-state index >= 15 is 0 Å². The number of methoxy groups -OCH3 is 1. The first kappa shape index (κ1) is 15.1. The Labute approximate surface area is 111 Å². The van der Waals surface area contributed by atoms with Crippen LogP contribution >= 0.6 is 0 Å². The number of hydrogen-bond acceptors (Lipinski definition) is 4. The van der Waals surface area contributed by atoms with Crippen LogP contribution in [0.25, 0.3) is 0 Å². The molecule has 2 N–H and O–H groups in total. The van der Waals surface area contributed by atoms with Crippen LogP contribution in [0.4, 0.5) is 0 Å². The highest BCUT2D eigenvalue weighted by Gasteiger charge is 2.34. The number of pyridine rings is 1. The number of aromatic nitrogens is 1. The molecule has 1 amide bonds. The van der Waals surface area contributed by atoms with E-state index in [0.717, 1.165) is 11.3 Å². The van der Waals surface area contributed by atoms with Crippen LogP contribution < -0.4 is 5.32 Å². The van der Waals surface area contributed by atoms with Crippen molar-refractivity contribution in [2.24, 2.45) is 0 Å². The molecule has 1 heterocycles. The van der Waals surface area contributed by atoms with Gasteiger partial charge in [-0.15, -0.1) is 0 Å². The Morgan fingerprint density at radius 1 is 1.47 bits per heavy atom. The van der Waals surface area contributed by atoms with Gasteiger partial charge in [0.05, 0.1) is 13.0 Å². The molecule has 1 rings (SSSR count). The van der Waals surface area contributed by atoms with Crippen molar-refractivity contribution in [2.45, 2.75) is 25.8 Å². The topological polar surface area (TPSA) is 88.5 Å². The average Bonchev–Trinajstić information content (AvgIpc) is 2.32. The molecule has 104 valence electrons. The smallest absolute Gasteiger partial charge is 0.331 e. The van der Waals surface area contributed by atoms with E-state index in [1.165, 1.54) is 14.0 Å². The van der Waals surface area contributed by atoms with Gasteiger partial charge < -0.3 is 15.2 Å². The summed E-state index contributed by atoms with van der Waals surface area (Å²) in [5.41, 5.74) is 0.163. The van der Waals surface area contributed by atoms with Crippen molar-refractivity contribution < 1.29 is 19.4 Å². The minimum atomic E-state index is -1.43. The monoisotopic (exact) mass is 266 g/mol. The zero-order valence-electron chi connectivity index (χ0n) is 11.3. The van der Waals surface area contributed by atoms with E-state index in [1.807, 2.05) is 6.92 Å². The lowest BCUT2D eigenvalue weighted by Crippen LogP contribution is -2.55. The lowest BCUT2D eigenvalue weighted by molar-refractivity contribution is -0.149. The van der Waals surface area contributed by atoms with Gasteiger partial charge >= 0.3 is 5.97 Å². The first-order valence-corrected chi connectivity index (χ1v) is 5.82. The molecule has 0 bridgehead atoms. The Morgan fingerprint density at radius 3 is 2.63 bits per heavy atom. The number of carbonyl (C=O) groups excluding carboxylic acids is 1. The molecule has 0 aliphatic rings. The summed E-state index contributed by atoms with van der Waals surface area (Å²) in [4.78, 5) is 27.1. The first-order valence-electron chi connectivity index (χ1n) is 5.82. The van der Waals surface area contributed by atoms with E-state index < -0.39 is 11.5 Å². The van der Waals surface area contributed by atoms with Crippen LogP contribution in [0.15, 0.2) is 18.3 Å². The minimum Gasteiger partial charge on any atom is -0.479 e. The van der Waals surface area contributed by atoms with Crippen molar-refractivity contribution in [3.63, 3.8) is 0 Å². The van der Waals surface area contributed by atoms with Crippen molar-refractivity contribution in [3.05, 3.63) is 29.6 Å². The maximum atomic E-state index is 11.8. The second kappa shape index (κ2) is 6.29. The van der Waals surface area contributed by atoms with Crippen molar-refractivity contribution in [1.82, 2.24) is 10.3 Å². The fourth-order valence-corrected chi connectivity index (χ4v) is 1.58. The van der Waals surface area contributed by atoms with Gasteiger partial charge in [0.25, 0.3) is 0 Å². The van der Waals surface area contributed by atoms with Crippen molar-refractivity contribution >= 4 is 11.9 Å². The van der Waals surface area contributed by atoms with Gasteiger partial charge in [-0.3, -0.25) is 9.78 Å². The molecule has 6 heteroatoms. The van der Waals surface area contributed by atoms with Crippen LogP contribution in [0, 0.1) is 6.92 Å². The number of ether oxygens (including phenoxy) is 1. The second-order valence-electron chi connectivity index (χ2n) is 4.60. The van der Waals surface area contributed by atoms with E-state index in [-0.39, 0.29) is 18.9 Å². The Morgan fingerprint density at radius 2 is 2.16 bits per heavy atom. The second-order valence-corrected chi connectivity index (χ2v) is 4.60. The molecule has 1 atom stereocenters.